The third-order valence-corrected chi connectivity index (χ3v) is 13.0. The summed E-state index contributed by atoms with van der Waals surface area (Å²) in [7, 11) is 0. The first-order chi connectivity index (χ1) is 36.2. The SMILES string of the molecule is CCc1c2c(nc3ccccc13)-c1cc3c(c(=O)n1C2)COC(=O)[C@@]3(CC)OC(=O)[C@@H](NC(=O)[C@@H]1CCCN1C(=O)[C@H](CC(=O)OCCCCN)NC(=O)CCOCCOCCOCCN)C(C)C.O=C(O)C(F)(F)F. The van der Waals surface area contributed by atoms with Crippen LogP contribution in [0.25, 0.3) is 22.3 Å². The summed E-state index contributed by atoms with van der Waals surface area (Å²) in [6.45, 7) is 9.72. The quantitative estimate of drug-likeness (QED) is 0.0343. The number of amides is 3. The van der Waals surface area contributed by atoms with Gasteiger partial charge in [-0.3, -0.25) is 24.0 Å². The first-order valence-corrected chi connectivity index (χ1v) is 25.3. The number of para-hydroxylation sites is 1. The van der Waals surface area contributed by atoms with E-state index >= 15 is 0 Å². The molecule has 6 rings (SSSR count). The van der Waals surface area contributed by atoms with Crippen molar-refractivity contribution >= 4 is 52.5 Å². The van der Waals surface area contributed by atoms with E-state index in [0.29, 0.717) is 70.0 Å². The lowest BCUT2D eigenvalue weighted by Gasteiger charge is -2.37. The normalized spacial score (nSPS) is 17.4. The molecule has 1 aromatic carbocycles. The second kappa shape index (κ2) is 28.0. The number of carboxylic acid groups (broad SMARTS) is 1. The van der Waals surface area contributed by atoms with Crippen molar-refractivity contribution in [1.82, 2.24) is 25.1 Å². The monoisotopic (exact) mass is 1080 g/mol. The molecule has 7 N–H and O–H groups in total. The van der Waals surface area contributed by atoms with Crippen LogP contribution in [0.5, 0.6) is 0 Å². The van der Waals surface area contributed by atoms with E-state index in [-0.39, 0.29) is 76.5 Å². The maximum absolute atomic E-state index is 14.4. The minimum Gasteiger partial charge on any atom is -0.475 e. The zero-order valence-corrected chi connectivity index (χ0v) is 43.1. The number of nitrogens with two attached hydrogens (primary N) is 2. The van der Waals surface area contributed by atoms with Gasteiger partial charge >= 0.3 is 30.1 Å². The molecule has 3 aromatic rings. The third-order valence-electron chi connectivity index (χ3n) is 13.0. The van der Waals surface area contributed by atoms with Crippen LogP contribution in [-0.4, -0.2) is 151 Å². The zero-order valence-electron chi connectivity index (χ0n) is 43.1. The van der Waals surface area contributed by atoms with Gasteiger partial charge in [0.05, 0.1) is 81.7 Å². The lowest BCUT2D eigenvalue weighted by Crippen LogP contribution is -2.57. The van der Waals surface area contributed by atoms with Crippen LogP contribution in [-0.2, 0) is 87.2 Å². The number of carbonyl (C=O) groups is 7. The summed E-state index contributed by atoms with van der Waals surface area (Å²) in [5, 5.41) is 13.5. The first-order valence-electron chi connectivity index (χ1n) is 25.3. The van der Waals surface area contributed by atoms with Crippen LogP contribution in [0.2, 0.25) is 0 Å². The van der Waals surface area contributed by atoms with Gasteiger partial charge in [-0.2, -0.15) is 13.2 Å². The second-order valence-electron chi connectivity index (χ2n) is 18.4. The number of aryl methyl sites for hydroxylation is 1. The van der Waals surface area contributed by atoms with E-state index in [1.807, 2.05) is 31.2 Å². The number of hydrogen-bond acceptors (Lipinski definition) is 17. The number of nitrogens with one attached hydrogen (secondary N) is 2. The number of pyridine rings is 2. The van der Waals surface area contributed by atoms with E-state index in [9.17, 15) is 46.7 Å². The average Bonchev–Trinajstić information content (AvgIpc) is 4.04. The number of halogens is 3. The number of fused-ring (bicyclic) bond motifs is 5. The van der Waals surface area contributed by atoms with Crippen molar-refractivity contribution < 1.29 is 80.3 Å². The highest BCUT2D eigenvalue weighted by molar-refractivity contribution is 5.96. The van der Waals surface area contributed by atoms with E-state index in [2.05, 4.69) is 10.6 Å². The van der Waals surface area contributed by atoms with Crippen molar-refractivity contribution in [2.45, 2.75) is 122 Å². The molecule has 3 aliphatic rings. The number of benzene rings is 1. The molecule has 3 amide bonds. The molecule has 3 aliphatic heterocycles. The topological polar surface area (TPSA) is 309 Å². The Morgan fingerprint density at radius 1 is 0.921 bits per heavy atom. The van der Waals surface area contributed by atoms with Crippen LogP contribution in [0.1, 0.15) is 94.9 Å². The van der Waals surface area contributed by atoms with Crippen molar-refractivity contribution in [1.29, 1.82) is 0 Å². The summed E-state index contributed by atoms with van der Waals surface area (Å²) in [5.41, 5.74) is 12.7. The molecular formula is C51H68F3N7O15. The van der Waals surface area contributed by atoms with Crippen molar-refractivity contribution in [3.63, 3.8) is 0 Å². The van der Waals surface area contributed by atoms with Crippen LogP contribution < -0.4 is 27.7 Å². The highest BCUT2D eigenvalue weighted by atomic mass is 19.4. The van der Waals surface area contributed by atoms with Crippen molar-refractivity contribution in [3.05, 3.63) is 62.9 Å². The van der Waals surface area contributed by atoms with Crippen molar-refractivity contribution in [3.8, 4) is 11.4 Å². The average molecular weight is 1080 g/mol. The molecule has 0 saturated carbocycles. The number of alkyl halides is 3. The van der Waals surface area contributed by atoms with Gasteiger partial charge < -0.3 is 65.1 Å². The molecule has 1 fully saturated rings. The molecule has 0 radical (unpaired) electrons. The van der Waals surface area contributed by atoms with Crippen LogP contribution in [0.3, 0.4) is 0 Å². The minimum absolute atomic E-state index is 0.00890. The molecule has 25 heteroatoms. The van der Waals surface area contributed by atoms with Crippen molar-refractivity contribution in [2.75, 3.05) is 65.9 Å². The Morgan fingerprint density at radius 3 is 2.22 bits per heavy atom. The smallest absolute Gasteiger partial charge is 0.475 e. The number of carboxylic acids is 1. The fraction of sp³-hybridized carbons (Fsp3) is 0.588. The number of nitrogens with zero attached hydrogens (tertiary/aromatic N) is 3. The molecule has 5 heterocycles. The molecule has 0 aliphatic carbocycles. The summed E-state index contributed by atoms with van der Waals surface area (Å²) < 4.78 is 66.7. The van der Waals surface area contributed by atoms with Crippen LogP contribution in [0.4, 0.5) is 13.2 Å². The van der Waals surface area contributed by atoms with Gasteiger partial charge in [-0.05, 0) is 68.7 Å². The molecule has 4 atom stereocenters. The number of rotatable bonds is 26. The van der Waals surface area contributed by atoms with Crippen LogP contribution in [0.15, 0.2) is 35.1 Å². The molecule has 22 nitrogen and oxygen atoms in total. The minimum atomic E-state index is -5.08. The van der Waals surface area contributed by atoms with Gasteiger partial charge in [0.25, 0.3) is 5.56 Å². The fourth-order valence-electron chi connectivity index (χ4n) is 9.07. The molecule has 0 bridgehead atoms. The number of esters is 3. The number of aromatic nitrogens is 2. The maximum Gasteiger partial charge on any atom is 0.490 e. The number of carbonyl (C=O) groups excluding carboxylic acids is 6. The zero-order chi connectivity index (χ0) is 55.7. The number of unbranched alkanes of at least 4 members (excludes halogenated alkanes) is 1. The molecule has 0 unspecified atom stereocenters. The first kappa shape index (κ1) is 60.3. The maximum atomic E-state index is 14.4. The van der Waals surface area contributed by atoms with Gasteiger partial charge in [-0.25, -0.2) is 19.4 Å². The number of cyclic esters (lactones) is 1. The Morgan fingerprint density at radius 2 is 1.59 bits per heavy atom. The molecular weight excluding hydrogens is 1010 g/mol. The van der Waals surface area contributed by atoms with E-state index in [1.54, 1.807) is 31.4 Å². The lowest BCUT2D eigenvalue weighted by atomic mass is 9.85. The van der Waals surface area contributed by atoms with E-state index in [0.717, 1.165) is 22.0 Å². The Bertz CT molecular complexity index is 2630. The largest absolute Gasteiger partial charge is 0.490 e. The van der Waals surface area contributed by atoms with Gasteiger partial charge in [0.15, 0.2) is 0 Å². The Hall–Kier alpha value is -6.54. The Labute approximate surface area is 436 Å². The summed E-state index contributed by atoms with van der Waals surface area (Å²) in [6, 6.07) is 5.67. The van der Waals surface area contributed by atoms with Crippen molar-refractivity contribution in [2.24, 2.45) is 17.4 Å². The van der Waals surface area contributed by atoms with Gasteiger partial charge in [0.2, 0.25) is 23.3 Å². The fourth-order valence-corrected chi connectivity index (χ4v) is 9.07. The van der Waals surface area contributed by atoms with Gasteiger partial charge in [-0.1, -0.05) is 45.9 Å². The van der Waals surface area contributed by atoms with Gasteiger partial charge in [0.1, 0.15) is 24.7 Å². The number of ether oxygens (including phenoxy) is 6. The van der Waals surface area contributed by atoms with Gasteiger partial charge in [0, 0.05) is 36.0 Å². The summed E-state index contributed by atoms with van der Waals surface area (Å²) in [6.07, 6.45) is -3.34. The van der Waals surface area contributed by atoms with Crippen LogP contribution in [0, 0.1) is 5.92 Å². The van der Waals surface area contributed by atoms with Crippen LogP contribution >= 0.6 is 0 Å². The van der Waals surface area contributed by atoms with E-state index in [1.165, 1.54) is 4.90 Å². The number of hydrogen-bond donors (Lipinski definition) is 5. The summed E-state index contributed by atoms with van der Waals surface area (Å²) in [4.78, 5) is 112. The Balaban J connectivity index is 0.00000142. The highest BCUT2D eigenvalue weighted by Gasteiger charge is 2.52. The molecule has 2 aromatic heterocycles. The predicted octanol–water partition coefficient (Wildman–Crippen LogP) is 2.51. The second-order valence-corrected chi connectivity index (χ2v) is 18.4. The van der Waals surface area contributed by atoms with E-state index in [4.69, 9.17) is 54.8 Å². The third kappa shape index (κ3) is 14.9. The molecule has 1 saturated heterocycles. The standard InChI is InChI=1S/C49H67N7O13.C2HF3O2/c1-5-31-32-12-7-8-13-36(32)53-43-33(31)28-56-39(43)26-35-34(45(56)60)29-68-48(63)49(35,6-2)69-47(62)42(30(3)4)54-44(59)38-14-11-18-55(38)46(61)37(27-41(58)67-19-10-9-16-50)52-40(57)15-20-64-22-24-66-25-23-65-21-17-51;3-2(4,5)1(6)7/h7-8,12-13,26,30,37-38,42H,5-6,9-11,14-25,27-29,50-51H2,1-4H3,(H,52,57)(H,54,59);(H,6,7)/t37-,38-,42-,49-;/m0./s1. The predicted molar refractivity (Wildman–Crippen MR) is 265 cm³/mol. The Kier molecular flexibility index (Phi) is 22.2. The molecule has 0 spiro atoms. The highest BCUT2D eigenvalue weighted by Crippen LogP contribution is 2.42. The lowest BCUT2D eigenvalue weighted by molar-refractivity contribution is -0.192. The summed E-state index contributed by atoms with van der Waals surface area (Å²) >= 11 is 0. The molecule has 418 valence electrons. The summed E-state index contributed by atoms with van der Waals surface area (Å²) in [5.74, 6) is -7.80. The number of likely N-dealkylation sites (tertiary alicyclic amines) is 1. The number of aliphatic carboxylic acids is 1. The van der Waals surface area contributed by atoms with Gasteiger partial charge in [-0.15, -0.1) is 0 Å². The van der Waals surface area contributed by atoms with E-state index < -0.39 is 89.4 Å². The molecule has 76 heavy (non-hydrogen) atoms.